The number of aromatic nitrogens is 1. The summed E-state index contributed by atoms with van der Waals surface area (Å²) >= 11 is 0. The van der Waals surface area contributed by atoms with Crippen molar-refractivity contribution in [1.29, 1.82) is 5.26 Å². The van der Waals surface area contributed by atoms with Gasteiger partial charge in [-0.2, -0.15) is 18.4 Å². The Morgan fingerprint density at radius 3 is 2.39 bits per heavy atom. The highest BCUT2D eigenvalue weighted by Crippen LogP contribution is 2.35. The normalized spacial score (nSPS) is 17.6. The summed E-state index contributed by atoms with van der Waals surface area (Å²) in [4.78, 5) is 5.79. The molecule has 0 aliphatic carbocycles. The number of pyridine rings is 1. The molecule has 0 amide bonds. The van der Waals surface area contributed by atoms with Crippen LogP contribution in [0.25, 0.3) is 0 Å². The Labute approximate surface area is 103 Å². The van der Waals surface area contributed by atoms with E-state index in [-0.39, 0.29) is 12.8 Å². The summed E-state index contributed by atoms with van der Waals surface area (Å²) < 4.78 is 37.5. The van der Waals surface area contributed by atoms with Crippen LogP contribution < -0.4 is 4.90 Å². The summed E-state index contributed by atoms with van der Waals surface area (Å²) in [5.74, 6) is -1.19. The molecule has 3 nitrogen and oxygen atoms in total. The van der Waals surface area contributed by atoms with Gasteiger partial charge >= 0.3 is 6.18 Å². The Bertz CT molecular complexity index is 439. The van der Waals surface area contributed by atoms with E-state index in [0.29, 0.717) is 18.8 Å². The fourth-order valence-electron chi connectivity index (χ4n) is 2.10. The molecule has 0 atom stereocenters. The number of nitrogens with zero attached hydrogens (tertiary/aromatic N) is 3. The third-order valence-electron chi connectivity index (χ3n) is 3.19. The minimum absolute atomic E-state index is 0.115. The molecule has 2 heterocycles. The van der Waals surface area contributed by atoms with Crippen LogP contribution in [0.3, 0.4) is 0 Å². The number of anilines is 1. The number of halogens is 3. The first-order valence-electron chi connectivity index (χ1n) is 5.68. The summed E-state index contributed by atoms with van der Waals surface area (Å²) in [7, 11) is 0. The molecule has 0 bridgehead atoms. The molecule has 1 aliphatic heterocycles. The van der Waals surface area contributed by atoms with Crippen molar-refractivity contribution >= 4 is 5.69 Å². The molecule has 0 saturated carbocycles. The summed E-state index contributed by atoms with van der Waals surface area (Å²) in [6.45, 7) is 0.746. The zero-order valence-corrected chi connectivity index (χ0v) is 9.61. The van der Waals surface area contributed by atoms with Crippen molar-refractivity contribution in [3.63, 3.8) is 0 Å². The zero-order chi connectivity index (χ0) is 13.2. The van der Waals surface area contributed by atoms with Crippen LogP contribution in [0.5, 0.6) is 0 Å². The Kier molecular flexibility index (Phi) is 3.41. The highest BCUT2D eigenvalue weighted by molar-refractivity contribution is 5.46. The summed E-state index contributed by atoms with van der Waals surface area (Å²) in [5, 5.41) is 8.61. The lowest BCUT2D eigenvalue weighted by Crippen LogP contribution is -2.39. The van der Waals surface area contributed by atoms with Crippen molar-refractivity contribution < 1.29 is 13.2 Å². The molecular formula is C12H12F3N3. The van der Waals surface area contributed by atoms with Crippen LogP contribution in [0.4, 0.5) is 18.9 Å². The lowest BCUT2D eigenvalue weighted by molar-refractivity contribution is -0.179. The van der Waals surface area contributed by atoms with Gasteiger partial charge in [-0.25, -0.2) is 4.98 Å². The maximum Gasteiger partial charge on any atom is 0.391 e. The monoisotopic (exact) mass is 255 g/mol. The molecule has 1 aromatic rings. The Morgan fingerprint density at radius 2 is 1.94 bits per heavy atom. The first-order chi connectivity index (χ1) is 8.50. The van der Waals surface area contributed by atoms with Crippen LogP contribution in [-0.4, -0.2) is 24.2 Å². The smallest absolute Gasteiger partial charge is 0.370 e. The maximum absolute atomic E-state index is 12.5. The highest BCUT2D eigenvalue weighted by Gasteiger charge is 2.41. The van der Waals surface area contributed by atoms with Crippen LogP contribution in [0, 0.1) is 17.2 Å². The van der Waals surface area contributed by atoms with Crippen molar-refractivity contribution in [2.24, 2.45) is 5.92 Å². The summed E-state index contributed by atoms with van der Waals surface area (Å²) in [6, 6.07) is 5.20. The minimum atomic E-state index is -4.09. The van der Waals surface area contributed by atoms with E-state index in [2.05, 4.69) is 4.98 Å². The lowest BCUT2D eigenvalue weighted by Gasteiger charge is -2.34. The van der Waals surface area contributed by atoms with Gasteiger partial charge in [0.1, 0.15) is 11.8 Å². The maximum atomic E-state index is 12.5. The average molecular weight is 255 g/mol. The Morgan fingerprint density at radius 1 is 1.28 bits per heavy atom. The molecule has 1 fully saturated rings. The fourth-order valence-corrected chi connectivity index (χ4v) is 2.10. The molecule has 0 unspecified atom stereocenters. The largest absolute Gasteiger partial charge is 0.391 e. The van der Waals surface area contributed by atoms with Gasteiger partial charge in [-0.3, -0.25) is 0 Å². The van der Waals surface area contributed by atoms with E-state index in [1.54, 1.807) is 12.1 Å². The quantitative estimate of drug-likeness (QED) is 0.774. The van der Waals surface area contributed by atoms with E-state index in [1.165, 1.54) is 6.20 Å². The first kappa shape index (κ1) is 12.7. The minimum Gasteiger partial charge on any atom is -0.370 e. The van der Waals surface area contributed by atoms with E-state index >= 15 is 0 Å². The number of hydrogen-bond acceptors (Lipinski definition) is 3. The first-order valence-corrected chi connectivity index (χ1v) is 5.68. The van der Waals surface area contributed by atoms with Gasteiger partial charge in [0.25, 0.3) is 0 Å². The molecule has 0 spiro atoms. The van der Waals surface area contributed by atoms with Crippen molar-refractivity contribution in [2.45, 2.75) is 19.0 Å². The number of piperidine rings is 1. The SMILES string of the molecule is N#Cc1ccc(N2CCC(C(F)(F)F)CC2)cn1. The topological polar surface area (TPSA) is 39.9 Å². The van der Waals surface area contributed by atoms with Gasteiger partial charge in [0.05, 0.1) is 17.8 Å². The van der Waals surface area contributed by atoms with Gasteiger partial charge < -0.3 is 4.90 Å². The highest BCUT2D eigenvalue weighted by atomic mass is 19.4. The van der Waals surface area contributed by atoms with Gasteiger partial charge in [-0.15, -0.1) is 0 Å². The standard InChI is InChI=1S/C12H12F3N3/c13-12(14,15)9-3-5-18(6-4-9)11-2-1-10(7-16)17-8-11/h1-2,8-9H,3-6H2. The molecule has 1 aromatic heterocycles. The summed E-state index contributed by atoms with van der Waals surface area (Å²) in [5.41, 5.74) is 1.08. The Balaban J connectivity index is 1.99. The van der Waals surface area contributed by atoms with E-state index in [4.69, 9.17) is 5.26 Å². The van der Waals surface area contributed by atoms with E-state index in [0.717, 1.165) is 5.69 Å². The molecule has 2 rings (SSSR count). The predicted octanol–water partition coefficient (Wildman–Crippen LogP) is 2.73. The zero-order valence-electron chi connectivity index (χ0n) is 9.61. The predicted molar refractivity (Wildman–Crippen MR) is 59.9 cm³/mol. The molecule has 0 N–H and O–H groups in total. The van der Waals surface area contributed by atoms with Gasteiger partial charge in [-0.05, 0) is 25.0 Å². The van der Waals surface area contributed by atoms with Crippen molar-refractivity contribution in [2.75, 3.05) is 18.0 Å². The number of hydrogen-bond donors (Lipinski definition) is 0. The second-order valence-electron chi connectivity index (χ2n) is 4.32. The molecule has 18 heavy (non-hydrogen) atoms. The van der Waals surface area contributed by atoms with Crippen LogP contribution in [-0.2, 0) is 0 Å². The van der Waals surface area contributed by atoms with Crippen LogP contribution >= 0.6 is 0 Å². The van der Waals surface area contributed by atoms with E-state index < -0.39 is 12.1 Å². The van der Waals surface area contributed by atoms with Crippen molar-refractivity contribution in [3.05, 3.63) is 24.0 Å². The molecule has 6 heteroatoms. The number of nitriles is 1. The molecular weight excluding hydrogens is 243 g/mol. The van der Waals surface area contributed by atoms with Gasteiger partial charge in [0, 0.05) is 13.1 Å². The van der Waals surface area contributed by atoms with Crippen LogP contribution in [0.15, 0.2) is 18.3 Å². The van der Waals surface area contributed by atoms with Crippen LogP contribution in [0.2, 0.25) is 0 Å². The third kappa shape index (κ3) is 2.73. The van der Waals surface area contributed by atoms with Crippen molar-refractivity contribution in [1.82, 2.24) is 4.98 Å². The molecule has 96 valence electrons. The number of alkyl halides is 3. The van der Waals surface area contributed by atoms with Crippen LogP contribution in [0.1, 0.15) is 18.5 Å². The summed E-state index contributed by atoms with van der Waals surface area (Å²) in [6.07, 6.45) is -2.32. The second kappa shape index (κ2) is 4.84. The molecule has 1 saturated heterocycles. The second-order valence-corrected chi connectivity index (χ2v) is 4.32. The fraction of sp³-hybridized carbons (Fsp3) is 0.500. The molecule has 0 aromatic carbocycles. The van der Waals surface area contributed by atoms with Gasteiger partial charge in [0.15, 0.2) is 0 Å². The van der Waals surface area contributed by atoms with E-state index in [1.807, 2.05) is 11.0 Å². The number of rotatable bonds is 1. The van der Waals surface area contributed by atoms with Crippen molar-refractivity contribution in [3.8, 4) is 6.07 Å². The third-order valence-corrected chi connectivity index (χ3v) is 3.19. The van der Waals surface area contributed by atoms with E-state index in [9.17, 15) is 13.2 Å². The van der Waals surface area contributed by atoms with Gasteiger partial charge in [0.2, 0.25) is 0 Å². The average Bonchev–Trinajstić information content (AvgIpc) is 2.38. The molecule has 0 radical (unpaired) electrons. The Hall–Kier alpha value is -1.77. The lowest BCUT2D eigenvalue weighted by atomic mass is 9.96. The molecule has 1 aliphatic rings. The van der Waals surface area contributed by atoms with Gasteiger partial charge in [-0.1, -0.05) is 0 Å².